The molecule has 7 nitrogen and oxygen atoms in total. The fourth-order valence-electron chi connectivity index (χ4n) is 4.29. The number of hydrogen-bond acceptors (Lipinski definition) is 5. The predicted molar refractivity (Wildman–Crippen MR) is 120 cm³/mol. The fraction of sp³-hybridized carbons (Fsp3) is 0.292. The Bertz CT molecular complexity index is 1240. The Kier molecular flexibility index (Phi) is 5.45. The number of aromatic nitrogens is 4. The molecular weight excluding hydrogens is 409 g/mol. The van der Waals surface area contributed by atoms with Crippen LogP contribution in [0.4, 0.5) is 9.18 Å². The summed E-state index contributed by atoms with van der Waals surface area (Å²) in [6.45, 7) is 3.64. The average Bonchev–Trinajstić information content (AvgIpc) is 3.42. The van der Waals surface area contributed by atoms with Gasteiger partial charge in [0.15, 0.2) is 5.82 Å². The van der Waals surface area contributed by atoms with Gasteiger partial charge in [0.1, 0.15) is 23.0 Å². The SMILES string of the molecule is CCOC(=O)n1c(C2CCNCC2)nc(-c2ccccc2F)c1-c1nc2ccccc2[nH]1. The van der Waals surface area contributed by atoms with E-state index in [4.69, 9.17) is 14.7 Å². The van der Waals surface area contributed by atoms with Crippen LogP contribution in [0.15, 0.2) is 48.5 Å². The Morgan fingerprint density at radius 3 is 2.62 bits per heavy atom. The van der Waals surface area contributed by atoms with Gasteiger partial charge in [0.2, 0.25) is 0 Å². The minimum absolute atomic E-state index is 0.0457. The van der Waals surface area contributed by atoms with Gasteiger partial charge >= 0.3 is 6.09 Å². The minimum Gasteiger partial charge on any atom is -0.449 e. The lowest BCUT2D eigenvalue weighted by Gasteiger charge is -2.22. The Balaban J connectivity index is 1.80. The average molecular weight is 433 g/mol. The van der Waals surface area contributed by atoms with Crippen molar-refractivity contribution in [3.05, 3.63) is 60.2 Å². The smallest absolute Gasteiger partial charge is 0.420 e. The van der Waals surface area contributed by atoms with E-state index >= 15 is 0 Å². The highest BCUT2D eigenvalue weighted by molar-refractivity contribution is 5.88. The molecule has 0 atom stereocenters. The quantitative estimate of drug-likeness (QED) is 0.487. The normalized spacial score (nSPS) is 14.7. The second-order valence-corrected chi connectivity index (χ2v) is 7.81. The van der Waals surface area contributed by atoms with Crippen molar-refractivity contribution in [3.63, 3.8) is 0 Å². The van der Waals surface area contributed by atoms with E-state index in [-0.39, 0.29) is 12.5 Å². The van der Waals surface area contributed by atoms with Gasteiger partial charge in [-0.2, -0.15) is 0 Å². The molecule has 0 amide bonds. The van der Waals surface area contributed by atoms with Gasteiger partial charge in [-0.15, -0.1) is 0 Å². The third-order valence-electron chi connectivity index (χ3n) is 5.80. The summed E-state index contributed by atoms with van der Waals surface area (Å²) < 4.78 is 21.8. The maximum atomic E-state index is 14.9. The van der Waals surface area contributed by atoms with Crippen molar-refractivity contribution in [2.75, 3.05) is 19.7 Å². The maximum Gasteiger partial charge on any atom is 0.420 e. The number of piperidine rings is 1. The third-order valence-corrected chi connectivity index (χ3v) is 5.80. The number of benzene rings is 2. The topological polar surface area (TPSA) is 84.8 Å². The largest absolute Gasteiger partial charge is 0.449 e. The lowest BCUT2D eigenvalue weighted by atomic mass is 9.97. The van der Waals surface area contributed by atoms with Crippen LogP contribution < -0.4 is 5.32 Å². The number of nitrogens with zero attached hydrogens (tertiary/aromatic N) is 3. The molecule has 0 saturated carbocycles. The molecule has 5 rings (SSSR count). The fourth-order valence-corrected chi connectivity index (χ4v) is 4.29. The van der Waals surface area contributed by atoms with Crippen LogP contribution in [-0.4, -0.2) is 45.3 Å². The summed E-state index contributed by atoms with van der Waals surface area (Å²) in [6, 6.07) is 14.1. The minimum atomic E-state index is -0.536. The first-order valence-corrected chi connectivity index (χ1v) is 10.9. The zero-order chi connectivity index (χ0) is 22.1. The Labute approximate surface area is 184 Å². The highest BCUT2D eigenvalue weighted by Gasteiger charge is 2.32. The molecule has 8 heteroatoms. The van der Waals surface area contributed by atoms with E-state index in [1.807, 2.05) is 24.3 Å². The first-order chi connectivity index (χ1) is 15.7. The van der Waals surface area contributed by atoms with Crippen molar-refractivity contribution >= 4 is 17.1 Å². The Morgan fingerprint density at radius 2 is 1.88 bits per heavy atom. The summed E-state index contributed by atoms with van der Waals surface area (Å²) >= 11 is 0. The van der Waals surface area contributed by atoms with Gasteiger partial charge in [0, 0.05) is 11.5 Å². The summed E-state index contributed by atoms with van der Waals surface area (Å²) in [6.07, 6.45) is 1.12. The molecule has 1 aliphatic rings. The first-order valence-electron chi connectivity index (χ1n) is 10.9. The molecule has 4 aromatic rings. The van der Waals surface area contributed by atoms with Crippen LogP contribution in [-0.2, 0) is 4.74 Å². The van der Waals surface area contributed by atoms with Gasteiger partial charge in [-0.3, -0.25) is 0 Å². The Hall–Kier alpha value is -3.52. The number of nitrogens with one attached hydrogen (secondary N) is 2. The van der Waals surface area contributed by atoms with Crippen LogP contribution >= 0.6 is 0 Å². The molecule has 2 aromatic carbocycles. The van der Waals surface area contributed by atoms with E-state index in [9.17, 15) is 9.18 Å². The van der Waals surface area contributed by atoms with Crippen LogP contribution in [0.2, 0.25) is 0 Å². The van der Waals surface area contributed by atoms with E-state index in [0.717, 1.165) is 37.0 Å². The molecule has 3 heterocycles. The molecule has 0 unspecified atom stereocenters. The lowest BCUT2D eigenvalue weighted by Crippen LogP contribution is -2.29. The molecule has 1 aliphatic heterocycles. The van der Waals surface area contributed by atoms with Crippen molar-refractivity contribution in [3.8, 4) is 22.8 Å². The number of hydrogen-bond donors (Lipinski definition) is 2. The first kappa shape index (κ1) is 20.4. The molecule has 32 heavy (non-hydrogen) atoms. The molecule has 1 saturated heterocycles. The van der Waals surface area contributed by atoms with Crippen LogP contribution in [0.3, 0.4) is 0 Å². The molecule has 2 aromatic heterocycles. The summed E-state index contributed by atoms with van der Waals surface area (Å²) in [5.41, 5.74) is 2.69. The number of fused-ring (bicyclic) bond motifs is 1. The van der Waals surface area contributed by atoms with Crippen molar-refractivity contribution in [1.29, 1.82) is 0 Å². The van der Waals surface area contributed by atoms with Crippen molar-refractivity contribution in [2.45, 2.75) is 25.7 Å². The van der Waals surface area contributed by atoms with Crippen molar-refractivity contribution < 1.29 is 13.9 Å². The second-order valence-electron chi connectivity index (χ2n) is 7.81. The number of imidazole rings is 2. The lowest BCUT2D eigenvalue weighted by molar-refractivity contribution is 0.152. The van der Waals surface area contributed by atoms with Crippen LogP contribution in [0.25, 0.3) is 33.8 Å². The summed E-state index contributed by atoms with van der Waals surface area (Å²) in [5, 5.41) is 3.34. The summed E-state index contributed by atoms with van der Waals surface area (Å²) in [5.74, 6) is 0.670. The van der Waals surface area contributed by atoms with Gasteiger partial charge in [0.05, 0.1) is 17.6 Å². The van der Waals surface area contributed by atoms with E-state index < -0.39 is 11.9 Å². The third kappa shape index (κ3) is 3.56. The standard InChI is InChI=1S/C24H24FN5O2/c1-2-32-24(31)30-21(22-27-18-9-5-6-10-19(18)28-22)20(16-7-3-4-8-17(16)25)29-23(30)15-11-13-26-14-12-15/h3-10,15,26H,2,11-14H2,1H3,(H,27,28). The number of carbonyl (C=O) groups is 1. The molecular formula is C24H24FN5O2. The van der Waals surface area contributed by atoms with Crippen molar-refractivity contribution in [1.82, 2.24) is 24.8 Å². The highest BCUT2D eigenvalue weighted by Crippen LogP contribution is 2.37. The summed E-state index contributed by atoms with van der Waals surface area (Å²) in [4.78, 5) is 26.0. The number of aromatic amines is 1. The predicted octanol–water partition coefficient (Wildman–Crippen LogP) is 4.70. The zero-order valence-corrected chi connectivity index (χ0v) is 17.8. The van der Waals surface area contributed by atoms with Crippen LogP contribution in [0.5, 0.6) is 0 Å². The number of ether oxygens (including phenoxy) is 1. The van der Waals surface area contributed by atoms with Crippen LogP contribution in [0, 0.1) is 5.82 Å². The number of halogens is 1. The highest BCUT2D eigenvalue weighted by atomic mass is 19.1. The van der Waals surface area contributed by atoms with E-state index in [2.05, 4.69) is 10.3 Å². The molecule has 2 N–H and O–H groups in total. The van der Waals surface area contributed by atoms with Gasteiger partial charge in [-0.25, -0.2) is 23.7 Å². The number of H-pyrrole nitrogens is 1. The van der Waals surface area contributed by atoms with Gasteiger partial charge in [-0.05, 0) is 57.1 Å². The van der Waals surface area contributed by atoms with E-state index in [1.54, 1.807) is 25.1 Å². The number of carbonyl (C=O) groups excluding carboxylic acids is 1. The van der Waals surface area contributed by atoms with Crippen LogP contribution in [0.1, 0.15) is 31.5 Å². The van der Waals surface area contributed by atoms with Gasteiger partial charge in [0.25, 0.3) is 0 Å². The molecule has 1 fully saturated rings. The van der Waals surface area contributed by atoms with Gasteiger partial charge < -0.3 is 15.0 Å². The monoisotopic (exact) mass is 433 g/mol. The molecule has 0 aliphatic carbocycles. The van der Waals surface area contributed by atoms with Gasteiger partial charge in [-0.1, -0.05) is 24.3 Å². The molecule has 0 spiro atoms. The number of rotatable bonds is 4. The van der Waals surface area contributed by atoms with E-state index in [0.29, 0.717) is 28.6 Å². The number of para-hydroxylation sites is 2. The molecule has 164 valence electrons. The Morgan fingerprint density at radius 1 is 1.12 bits per heavy atom. The molecule has 0 radical (unpaired) electrons. The summed E-state index contributed by atoms with van der Waals surface area (Å²) in [7, 11) is 0. The van der Waals surface area contributed by atoms with Crippen molar-refractivity contribution in [2.24, 2.45) is 0 Å². The van der Waals surface area contributed by atoms with E-state index in [1.165, 1.54) is 10.6 Å². The second kappa shape index (κ2) is 8.55. The zero-order valence-electron chi connectivity index (χ0n) is 17.8. The molecule has 0 bridgehead atoms. The maximum absolute atomic E-state index is 14.9.